The zero-order valence-electron chi connectivity index (χ0n) is 19.3. The number of carbonyl (C=O) groups is 4. The summed E-state index contributed by atoms with van der Waals surface area (Å²) in [4.78, 5) is 53.9. The lowest BCUT2D eigenvalue weighted by Gasteiger charge is -2.31. The van der Waals surface area contributed by atoms with Crippen molar-refractivity contribution in [3.8, 4) is 0 Å². The lowest BCUT2D eigenvalue weighted by Crippen LogP contribution is -2.57. The molecule has 9 nitrogen and oxygen atoms in total. The molecular weight excluding hydrogens is 424 g/mol. The third kappa shape index (κ3) is 5.71. The van der Waals surface area contributed by atoms with Crippen LogP contribution in [-0.2, 0) is 25.6 Å². The topological polar surface area (TPSA) is 133 Å². The van der Waals surface area contributed by atoms with Gasteiger partial charge in [-0.15, -0.1) is 0 Å². The molecule has 2 fully saturated rings. The number of nitrogens with zero attached hydrogens (tertiary/aromatic N) is 2. The molecule has 0 saturated carbocycles. The van der Waals surface area contributed by atoms with Crippen LogP contribution in [0, 0.1) is 5.92 Å². The number of benzene rings is 1. The summed E-state index contributed by atoms with van der Waals surface area (Å²) < 4.78 is 0. The van der Waals surface area contributed by atoms with Crippen LogP contribution >= 0.6 is 0 Å². The zero-order valence-corrected chi connectivity index (χ0v) is 19.3. The van der Waals surface area contributed by atoms with Gasteiger partial charge in [0.25, 0.3) is 0 Å². The molecule has 3 rings (SSSR count). The number of nitrogens with one attached hydrogen (secondary N) is 1. The van der Waals surface area contributed by atoms with Gasteiger partial charge in [0.05, 0.1) is 6.04 Å². The van der Waals surface area contributed by atoms with Crippen LogP contribution < -0.4 is 11.1 Å². The minimum Gasteiger partial charge on any atom is -0.480 e. The van der Waals surface area contributed by atoms with Gasteiger partial charge in [0, 0.05) is 19.5 Å². The van der Waals surface area contributed by atoms with Crippen molar-refractivity contribution in [2.45, 2.75) is 70.1 Å². The number of carboxylic acids is 1. The zero-order chi connectivity index (χ0) is 24.1. The number of carbonyl (C=O) groups excluding carboxylic acids is 3. The van der Waals surface area contributed by atoms with E-state index >= 15 is 0 Å². The second-order valence-electron chi connectivity index (χ2n) is 9.24. The normalized spacial score (nSPS) is 22.3. The van der Waals surface area contributed by atoms with Crippen molar-refractivity contribution in [3.05, 3.63) is 35.9 Å². The molecule has 4 atom stereocenters. The Labute approximate surface area is 194 Å². The first-order valence-electron chi connectivity index (χ1n) is 11.6. The number of hydrogen-bond acceptors (Lipinski definition) is 5. The molecule has 9 heteroatoms. The van der Waals surface area contributed by atoms with Crippen LogP contribution in [0.25, 0.3) is 0 Å². The fourth-order valence-electron chi connectivity index (χ4n) is 4.58. The lowest BCUT2D eigenvalue weighted by molar-refractivity contribution is -0.149. The number of rotatable bonds is 8. The highest BCUT2D eigenvalue weighted by Crippen LogP contribution is 2.22. The van der Waals surface area contributed by atoms with Crippen molar-refractivity contribution >= 4 is 23.7 Å². The summed E-state index contributed by atoms with van der Waals surface area (Å²) in [7, 11) is 0. The first-order valence-corrected chi connectivity index (χ1v) is 11.6. The SMILES string of the molecule is CC(C)C(N)C(=O)N1CCCC1C(=O)NC(Cc1ccccc1)C(=O)N1CCCC1C(=O)O. The molecule has 3 amide bonds. The largest absolute Gasteiger partial charge is 0.480 e. The minimum absolute atomic E-state index is 0.0580. The van der Waals surface area contributed by atoms with E-state index in [1.165, 1.54) is 9.80 Å². The molecule has 0 aromatic heterocycles. The van der Waals surface area contributed by atoms with E-state index < -0.39 is 42.0 Å². The van der Waals surface area contributed by atoms with E-state index in [4.69, 9.17) is 5.73 Å². The number of carboxylic acid groups (broad SMARTS) is 1. The van der Waals surface area contributed by atoms with Crippen molar-refractivity contribution in [1.82, 2.24) is 15.1 Å². The fraction of sp³-hybridized carbons (Fsp3) is 0.583. The molecule has 2 heterocycles. The Bertz CT molecular complexity index is 875. The van der Waals surface area contributed by atoms with E-state index in [-0.39, 0.29) is 18.2 Å². The van der Waals surface area contributed by atoms with Crippen molar-refractivity contribution in [1.29, 1.82) is 0 Å². The average Bonchev–Trinajstić information content (AvgIpc) is 3.47. The van der Waals surface area contributed by atoms with Gasteiger partial charge in [0.15, 0.2) is 0 Å². The molecule has 2 saturated heterocycles. The third-order valence-electron chi connectivity index (χ3n) is 6.56. The molecule has 180 valence electrons. The smallest absolute Gasteiger partial charge is 0.326 e. The van der Waals surface area contributed by atoms with Crippen LogP contribution in [0.3, 0.4) is 0 Å². The van der Waals surface area contributed by atoms with E-state index in [1.807, 2.05) is 44.2 Å². The van der Waals surface area contributed by atoms with Crippen molar-refractivity contribution < 1.29 is 24.3 Å². The minimum atomic E-state index is -1.04. The highest BCUT2D eigenvalue weighted by atomic mass is 16.4. The molecule has 4 N–H and O–H groups in total. The summed E-state index contributed by atoms with van der Waals surface area (Å²) in [6.45, 7) is 4.50. The van der Waals surface area contributed by atoms with E-state index in [9.17, 15) is 24.3 Å². The molecule has 0 aliphatic carbocycles. The first-order chi connectivity index (χ1) is 15.7. The first kappa shape index (κ1) is 24.7. The standard InChI is InChI=1S/C24H34N4O5/c1-15(2)20(25)23(31)27-12-6-10-18(27)21(29)26-17(14-16-8-4-3-5-9-16)22(30)28-13-7-11-19(28)24(32)33/h3-5,8-9,15,17-20H,6-7,10-14,25H2,1-2H3,(H,26,29)(H,32,33). The Morgan fingerprint density at radius 3 is 2.15 bits per heavy atom. The van der Waals surface area contributed by atoms with Gasteiger partial charge in [-0.05, 0) is 37.2 Å². The molecule has 1 aromatic rings. The van der Waals surface area contributed by atoms with Gasteiger partial charge in [-0.3, -0.25) is 14.4 Å². The summed E-state index contributed by atoms with van der Waals surface area (Å²) in [5.74, 6) is -2.18. The van der Waals surface area contributed by atoms with Crippen LogP contribution in [-0.4, -0.2) is 75.9 Å². The Morgan fingerprint density at radius 1 is 1.00 bits per heavy atom. The predicted molar refractivity (Wildman–Crippen MR) is 122 cm³/mol. The van der Waals surface area contributed by atoms with E-state index in [0.29, 0.717) is 38.8 Å². The molecule has 33 heavy (non-hydrogen) atoms. The summed E-state index contributed by atoms with van der Waals surface area (Å²) in [6, 6.07) is 6.08. The third-order valence-corrected chi connectivity index (χ3v) is 6.56. The quantitative estimate of drug-likeness (QED) is 0.527. The fourth-order valence-corrected chi connectivity index (χ4v) is 4.58. The van der Waals surface area contributed by atoms with E-state index in [2.05, 4.69) is 5.32 Å². The van der Waals surface area contributed by atoms with Gasteiger partial charge in [-0.25, -0.2) is 4.79 Å². The highest BCUT2D eigenvalue weighted by Gasteiger charge is 2.41. The van der Waals surface area contributed by atoms with Crippen molar-refractivity contribution in [2.24, 2.45) is 11.7 Å². The number of aliphatic carboxylic acids is 1. The monoisotopic (exact) mass is 458 g/mol. The van der Waals surface area contributed by atoms with Gasteiger partial charge in [0.1, 0.15) is 18.1 Å². The number of nitrogens with two attached hydrogens (primary N) is 1. The van der Waals surface area contributed by atoms with E-state index in [1.54, 1.807) is 0 Å². The summed E-state index contributed by atoms with van der Waals surface area (Å²) in [5.41, 5.74) is 6.89. The highest BCUT2D eigenvalue weighted by molar-refractivity contribution is 5.94. The van der Waals surface area contributed by atoms with Gasteiger partial charge >= 0.3 is 5.97 Å². The molecule has 0 bridgehead atoms. The average molecular weight is 459 g/mol. The Balaban J connectivity index is 1.79. The molecule has 2 aliphatic rings. The maximum Gasteiger partial charge on any atom is 0.326 e. The van der Waals surface area contributed by atoms with E-state index in [0.717, 1.165) is 5.56 Å². The lowest BCUT2D eigenvalue weighted by atomic mass is 10.0. The molecular formula is C24H34N4O5. The van der Waals surface area contributed by atoms with Crippen LogP contribution in [0.2, 0.25) is 0 Å². The van der Waals surface area contributed by atoms with Crippen molar-refractivity contribution in [2.75, 3.05) is 13.1 Å². The van der Waals surface area contributed by atoms with Crippen molar-refractivity contribution in [3.63, 3.8) is 0 Å². The van der Waals surface area contributed by atoms with Crippen LogP contribution in [0.5, 0.6) is 0 Å². The van der Waals surface area contributed by atoms with Gasteiger partial charge in [-0.1, -0.05) is 44.2 Å². The maximum absolute atomic E-state index is 13.4. The second-order valence-corrected chi connectivity index (χ2v) is 9.24. The number of hydrogen-bond donors (Lipinski definition) is 3. The van der Waals surface area contributed by atoms with Gasteiger partial charge < -0.3 is 26.0 Å². The van der Waals surface area contributed by atoms with Crippen LogP contribution in [0.15, 0.2) is 30.3 Å². The Morgan fingerprint density at radius 2 is 1.58 bits per heavy atom. The maximum atomic E-state index is 13.4. The Hall–Kier alpha value is -2.94. The summed E-state index contributed by atoms with van der Waals surface area (Å²) in [6.07, 6.45) is 2.41. The summed E-state index contributed by atoms with van der Waals surface area (Å²) in [5, 5.41) is 12.4. The summed E-state index contributed by atoms with van der Waals surface area (Å²) >= 11 is 0. The predicted octanol–water partition coefficient (Wildman–Crippen LogP) is 0.764. The molecule has 4 unspecified atom stereocenters. The van der Waals surface area contributed by atoms with Crippen LogP contribution in [0.1, 0.15) is 45.1 Å². The van der Waals surface area contributed by atoms with Gasteiger partial charge in [0.2, 0.25) is 17.7 Å². The second kappa shape index (κ2) is 10.8. The molecule has 1 aromatic carbocycles. The molecule has 2 aliphatic heterocycles. The number of likely N-dealkylation sites (tertiary alicyclic amines) is 2. The van der Waals surface area contributed by atoms with Gasteiger partial charge in [-0.2, -0.15) is 0 Å². The number of amides is 3. The Kier molecular flexibility index (Phi) is 8.07. The molecule has 0 spiro atoms. The molecule has 0 radical (unpaired) electrons. The van der Waals surface area contributed by atoms with Crippen LogP contribution in [0.4, 0.5) is 0 Å².